The number of hydrazone groups is 1. The fourth-order valence-electron chi connectivity index (χ4n) is 4.09. The van der Waals surface area contributed by atoms with E-state index in [-0.39, 0.29) is 12.4 Å². The summed E-state index contributed by atoms with van der Waals surface area (Å²) < 4.78 is 94.7. The fraction of sp³-hybridized carbons (Fsp3) is 0.185. The number of carbonyl (C=O) groups is 1. The number of benzene rings is 3. The molecule has 1 N–H and O–H groups in total. The molecule has 4 rings (SSSR count). The second-order valence-electron chi connectivity index (χ2n) is 8.69. The molecule has 3 aromatic carbocycles. The highest BCUT2D eigenvalue weighted by Gasteiger charge is 2.44. The topological polar surface area (TPSA) is 47.9 Å². The zero-order valence-electron chi connectivity index (χ0n) is 20.5. The summed E-state index contributed by atoms with van der Waals surface area (Å²) in [6, 6.07) is 14.5. The van der Waals surface area contributed by atoms with Crippen molar-refractivity contribution in [3.8, 4) is 0 Å². The number of alkyl halides is 6. The van der Waals surface area contributed by atoms with E-state index in [9.17, 15) is 35.5 Å². The van der Waals surface area contributed by atoms with Crippen LogP contribution in [0, 0.1) is 5.82 Å². The van der Waals surface area contributed by atoms with E-state index >= 15 is 0 Å². The summed E-state index contributed by atoms with van der Waals surface area (Å²) in [5.41, 5.74) is -3.60. The fourth-order valence-corrected chi connectivity index (χ4v) is 4.22. The van der Waals surface area contributed by atoms with Gasteiger partial charge >= 0.3 is 12.4 Å². The average Bonchev–Trinajstić information content (AvgIpc) is 3.18. The first-order chi connectivity index (χ1) is 18.8. The smallest absolute Gasteiger partial charge is 0.350 e. The Kier molecular flexibility index (Phi) is 8.10. The number of rotatable bonds is 7. The van der Waals surface area contributed by atoms with Gasteiger partial charge < -0.3 is 10.2 Å². The Bertz CT molecular complexity index is 1450. The van der Waals surface area contributed by atoms with Crippen LogP contribution in [0.15, 0.2) is 84.2 Å². The summed E-state index contributed by atoms with van der Waals surface area (Å²) >= 11 is 5.97. The molecule has 0 fully saturated rings. The number of hydrogen-bond donors (Lipinski definition) is 1. The Labute approximate surface area is 229 Å². The maximum atomic E-state index is 14.4. The van der Waals surface area contributed by atoms with Gasteiger partial charge in [-0.1, -0.05) is 48.5 Å². The predicted octanol–water partition coefficient (Wildman–Crippen LogP) is 6.78. The third-order valence-electron chi connectivity index (χ3n) is 5.98. The zero-order chi connectivity index (χ0) is 29.2. The Balaban J connectivity index is 1.55. The quantitative estimate of drug-likeness (QED) is 0.311. The Morgan fingerprint density at radius 2 is 1.55 bits per heavy atom. The maximum Gasteiger partial charge on any atom is 0.417 e. The lowest BCUT2D eigenvalue weighted by Gasteiger charge is -2.24. The molecule has 1 heterocycles. The first-order valence-corrected chi connectivity index (χ1v) is 12.0. The van der Waals surface area contributed by atoms with E-state index in [2.05, 4.69) is 17.0 Å². The van der Waals surface area contributed by atoms with Crippen molar-refractivity contribution in [2.75, 3.05) is 6.54 Å². The first-order valence-electron chi connectivity index (χ1n) is 11.6. The van der Waals surface area contributed by atoms with Crippen molar-refractivity contribution in [2.24, 2.45) is 5.10 Å². The van der Waals surface area contributed by atoms with Crippen LogP contribution in [0.1, 0.15) is 27.8 Å². The minimum atomic E-state index is -5.31. The van der Waals surface area contributed by atoms with E-state index < -0.39 is 53.9 Å². The molecule has 1 aliphatic rings. The minimum absolute atomic E-state index is 0.00966. The molecule has 0 atom stereocenters. The minimum Gasteiger partial charge on any atom is -0.350 e. The van der Waals surface area contributed by atoms with Crippen molar-refractivity contribution in [1.29, 1.82) is 0 Å². The van der Waals surface area contributed by atoms with E-state index in [1.165, 1.54) is 12.1 Å². The Morgan fingerprint density at radius 1 is 0.900 bits per heavy atom. The van der Waals surface area contributed by atoms with Crippen LogP contribution in [-0.2, 0) is 30.2 Å². The molecule has 0 unspecified atom stereocenters. The van der Waals surface area contributed by atoms with Crippen LogP contribution in [0.4, 0.5) is 30.7 Å². The third kappa shape index (κ3) is 6.39. The number of halogens is 8. The van der Waals surface area contributed by atoms with Crippen molar-refractivity contribution in [2.45, 2.75) is 25.4 Å². The van der Waals surface area contributed by atoms with Gasteiger partial charge in [0.2, 0.25) is 5.91 Å². The Morgan fingerprint density at radius 3 is 2.17 bits per heavy atom. The molecule has 13 heteroatoms. The number of hydrogen-bond acceptors (Lipinski definition) is 4. The molecule has 0 bridgehead atoms. The van der Waals surface area contributed by atoms with Crippen LogP contribution in [0.2, 0.25) is 5.02 Å². The first kappa shape index (κ1) is 28.9. The summed E-state index contributed by atoms with van der Waals surface area (Å²) in [4.78, 5) is 14.3. The van der Waals surface area contributed by atoms with Gasteiger partial charge in [0.25, 0.3) is 0 Å². The van der Waals surface area contributed by atoms with Gasteiger partial charge in [0.15, 0.2) is 5.84 Å². The van der Waals surface area contributed by atoms with Gasteiger partial charge in [-0.25, -0.2) is 9.40 Å². The average molecular weight is 585 g/mol. The highest BCUT2D eigenvalue weighted by atomic mass is 35.5. The lowest BCUT2D eigenvalue weighted by Crippen LogP contribution is -2.35. The molecule has 5 nitrogen and oxygen atoms in total. The molecule has 210 valence electrons. The third-order valence-corrected chi connectivity index (χ3v) is 6.23. The molecule has 1 amide bonds. The Hall–Kier alpha value is -4.06. The molecular weight excluding hydrogens is 565 g/mol. The van der Waals surface area contributed by atoms with Gasteiger partial charge in [-0.2, -0.15) is 31.4 Å². The highest BCUT2D eigenvalue weighted by molar-refractivity contribution is 6.30. The summed E-state index contributed by atoms with van der Waals surface area (Å²) in [5.74, 6) is -0.851. The molecule has 0 spiro atoms. The maximum absolute atomic E-state index is 14.4. The van der Waals surface area contributed by atoms with Crippen molar-refractivity contribution in [3.63, 3.8) is 0 Å². The lowest BCUT2D eigenvalue weighted by atomic mass is 10.00. The van der Waals surface area contributed by atoms with Crippen LogP contribution in [0.25, 0.3) is 0 Å². The van der Waals surface area contributed by atoms with Gasteiger partial charge in [-0.05, 0) is 42.0 Å². The largest absolute Gasteiger partial charge is 0.417 e. The van der Waals surface area contributed by atoms with E-state index in [1.54, 1.807) is 41.3 Å². The van der Waals surface area contributed by atoms with Crippen LogP contribution < -0.4 is 5.32 Å². The molecule has 0 aliphatic carbocycles. The van der Waals surface area contributed by atoms with Crippen molar-refractivity contribution in [1.82, 2.24) is 15.2 Å². The SMILES string of the molecule is C=C1N(CC(=O)NCc2cccc(C(F)(F)F)c2C(F)(F)F)N=C(c2ccc(Cl)cc2)N1Cc1ccccc1F. The number of nitrogens with one attached hydrogen (secondary N) is 1. The number of amides is 1. The van der Waals surface area contributed by atoms with Crippen molar-refractivity contribution in [3.05, 3.63) is 118 Å². The van der Waals surface area contributed by atoms with Crippen molar-refractivity contribution >= 4 is 23.3 Å². The molecule has 0 saturated carbocycles. The number of nitrogens with zero attached hydrogens (tertiary/aromatic N) is 3. The van der Waals surface area contributed by atoms with Gasteiger partial charge in [0.05, 0.1) is 17.7 Å². The van der Waals surface area contributed by atoms with E-state index in [1.807, 2.05) is 0 Å². The second-order valence-corrected chi connectivity index (χ2v) is 9.13. The molecule has 0 aromatic heterocycles. The molecule has 0 saturated heterocycles. The normalized spacial score (nSPS) is 14.0. The van der Waals surface area contributed by atoms with Crippen LogP contribution in [0.5, 0.6) is 0 Å². The number of carbonyl (C=O) groups excluding carboxylic acids is 1. The van der Waals surface area contributed by atoms with Crippen LogP contribution in [0.3, 0.4) is 0 Å². The van der Waals surface area contributed by atoms with Gasteiger partial charge in [0, 0.05) is 22.7 Å². The standard InChI is InChI=1S/C27H20ClF7N4O/c1-16-38(14-19-5-2-3-8-22(19)29)25(17-9-11-20(28)12-10-17)37-39(16)15-23(40)36-13-18-6-4-7-21(26(30,31)32)24(18)27(33,34)35/h2-12H,1,13-15H2,(H,36,40). The van der Waals surface area contributed by atoms with E-state index in [4.69, 9.17) is 11.6 Å². The van der Waals surface area contributed by atoms with E-state index in [0.29, 0.717) is 28.1 Å². The predicted molar refractivity (Wildman–Crippen MR) is 134 cm³/mol. The molecule has 40 heavy (non-hydrogen) atoms. The van der Waals surface area contributed by atoms with Gasteiger partial charge in [-0.3, -0.25) is 4.79 Å². The molecule has 3 aromatic rings. The van der Waals surface area contributed by atoms with Gasteiger partial charge in [0.1, 0.15) is 18.2 Å². The van der Waals surface area contributed by atoms with Gasteiger partial charge in [-0.15, -0.1) is 0 Å². The summed E-state index contributed by atoms with van der Waals surface area (Å²) in [6.45, 7) is 2.58. The van der Waals surface area contributed by atoms with E-state index in [0.717, 1.165) is 17.1 Å². The summed E-state index contributed by atoms with van der Waals surface area (Å²) in [5, 5.41) is 8.23. The highest BCUT2D eigenvalue weighted by Crippen LogP contribution is 2.42. The monoisotopic (exact) mass is 584 g/mol. The second kappa shape index (κ2) is 11.2. The molecular formula is C27H20ClF7N4O. The molecule has 1 aliphatic heterocycles. The number of amidine groups is 1. The summed E-state index contributed by atoms with van der Waals surface area (Å²) in [6.07, 6.45) is -10.5. The summed E-state index contributed by atoms with van der Waals surface area (Å²) in [7, 11) is 0. The van der Waals surface area contributed by atoms with Crippen LogP contribution >= 0.6 is 11.6 Å². The lowest BCUT2D eigenvalue weighted by molar-refractivity contribution is -0.162. The molecule has 0 radical (unpaired) electrons. The van der Waals surface area contributed by atoms with Crippen molar-refractivity contribution < 1.29 is 35.5 Å². The zero-order valence-corrected chi connectivity index (χ0v) is 21.2. The van der Waals surface area contributed by atoms with Crippen LogP contribution in [-0.4, -0.2) is 28.2 Å².